The van der Waals surface area contributed by atoms with Crippen LogP contribution < -0.4 is 5.90 Å². The van der Waals surface area contributed by atoms with Crippen LogP contribution in [0.3, 0.4) is 0 Å². The van der Waals surface area contributed by atoms with Gasteiger partial charge in [0.2, 0.25) is 0 Å². The van der Waals surface area contributed by atoms with E-state index in [1.807, 2.05) is 0 Å². The van der Waals surface area contributed by atoms with Gasteiger partial charge in [-0.2, -0.15) is 5.90 Å². The number of hydrogen-bond donors (Lipinski definition) is 9. The number of carbonyl (C=O) groups excluding carboxylic acids is 1. The maximum absolute atomic E-state index is 11.5. The second kappa shape index (κ2) is 9.21. The molecule has 2 fully saturated rings. The summed E-state index contributed by atoms with van der Waals surface area (Å²) in [7, 11) is 0. The minimum absolute atomic E-state index is 0.774. The Morgan fingerprint density at radius 3 is 2.18 bits per heavy atom. The van der Waals surface area contributed by atoms with Crippen molar-refractivity contribution in [3.63, 3.8) is 0 Å². The van der Waals surface area contributed by atoms with Crippen molar-refractivity contribution in [1.29, 1.82) is 0 Å². The van der Waals surface area contributed by atoms with Crippen LogP contribution in [0.1, 0.15) is 6.42 Å². The highest BCUT2D eigenvalue weighted by atomic mass is 16.7. The molecule has 0 spiro atoms. The monoisotopic (exact) mass is 415 g/mol. The second-order valence-electron chi connectivity index (χ2n) is 6.63. The van der Waals surface area contributed by atoms with Crippen LogP contribution in [0.4, 0.5) is 0 Å². The van der Waals surface area contributed by atoms with E-state index in [1.165, 1.54) is 0 Å². The minimum Gasteiger partial charge on any atom is -0.394 e. The van der Waals surface area contributed by atoms with Crippen LogP contribution in [-0.2, 0) is 23.8 Å². The van der Waals surface area contributed by atoms with Crippen LogP contribution in [0.15, 0.2) is 0 Å². The van der Waals surface area contributed by atoms with Gasteiger partial charge < -0.3 is 59.9 Å². The Kier molecular flexibility index (Phi) is 7.65. The Labute approximate surface area is 158 Å². The Bertz CT molecular complexity index is 535. The molecule has 164 valence electrons. The van der Waals surface area contributed by atoms with Gasteiger partial charge in [-0.05, 0) is 0 Å². The molecule has 0 aliphatic carbocycles. The van der Waals surface area contributed by atoms with Crippen molar-refractivity contribution in [3.8, 4) is 0 Å². The summed E-state index contributed by atoms with van der Waals surface area (Å²) in [6, 6.07) is 0. The minimum atomic E-state index is -2.19. The molecule has 0 amide bonds. The topological polar surface area (TPSA) is 242 Å². The van der Waals surface area contributed by atoms with E-state index >= 15 is 0 Å². The van der Waals surface area contributed by atoms with E-state index in [0.29, 0.717) is 0 Å². The summed E-state index contributed by atoms with van der Waals surface area (Å²) < 4.78 is 15.5. The molecule has 10 atom stereocenters. The molecule has 2 aliphatic heterocycles. The lowest BCUT2D eigenvalue weighted by Gasteiger charge is -2.49. The number of aliphatic hydroxyl groups is 8. The third-order valence-electron chi connectivity index (χ3n) is 4.82. The number of ether oxygens (including phenoxy) is 3. The zero-order chi connectivity index (χ0) is 21.2. The van der Waals surface area contributed by atoms with E-state index in [-0.39, 0.29) is 0 Å². The Hall–Kier alpha value is -1.01. The first-order valence-electron chi connectivity index (χ1n) is 8.30. The fraction of sp³-hybridized carbons (Fsp3) is 0.929. The number of aliphatic hydroxyl groups excluding tert-OH is 8. The molecule has 0 aromatic heterocycles. The highest BCUT2D eigenvalue weighted by Crippen LogP contribution is 2.35. The van der Waals surface area contributed by atoms with Crippen LogP contribution >= 0.6 is 0 Å². The quantitative estimate of drug-likeness (QED) is 0.183. The van der Waals surface area contributed by atoms with Gasteiger partial charge in [0, 0.05) is 0 Å². The van der Waals surface area contributed by atoms with Gasteiger partial charge in [0.25, 0.3) is 0 Å². The maximum atomic E-state index is 11.5. The number of nitrogens with two attached hydrogens (primary N) is 1. The van der Waals surface area contributed by atoms with Crippen molar-refractivity contribution in [2.24, 2.45) is 5.90 Å². The first-order valence-corrected chi connectivity index (χ1v) is 8.30. The van der Waals surface area contributed by atoms with Gasteiger partial charge in [-0.1, -0.05) is 0 Å². The SMILES string of the molecule is NOC(=O)C[C@]1(CO)O[C@H](O[C@H]2[C@H](O)[C@@H](O)[C@H](O)O[C@@H]2CO)[C@H](O)[C@@H](O)[C@H]1O. The fourth-order valence-electron chi connectivity index (χ4n) is 3.15. The van der Waals surface area contributed by atoms with Crippen molar-refractivity contribution >= 4 is 5.97 Å². The molecule has 14 heteroatoms. The second-order valence-corrected chi connectivity index (χ2v) is 6.63. The van der Waals surface area contributed by atoms with Crippen LogP contribution in [0.25, 0.3) is 0 Å². The van der Waals surface area contributed by atoms with Gasteiger partial charge in [0.15, 0.2) is 12.6 Å². The smallest absolute Gasteiger partial charge is 0.327 e. The molecule has 2 saturated heterocycles. The van der Waals surface area contributed by atoms with Gasteiger partial charge in [0.1, 0.15) is 48.3 Å². The molecule has 0 bridgehead atoms. The average molecular weight is 415 g/mol. The molecule has 0 aromatic rings. The molecular formula is C14H25NO13. The molecule has 0 saturated carbocycles. The van der Waals surface area contributed by atoms with Gasteiger partial charge in [-0.15, -0.1) is 0 Å². The van der Waals surface area contributed by atoms with Crippen molar-refractivity contribution in [3.05, 3.63) is 0 Å². The summed E-state index contributed by atoms with van der Waals surface area (Å²) in [6.45, 7) is -1.80. The molecule has 2 aliphatic rings. The first kappa shape index (κ1) is 23.3. The van der Waals surface area contributed by atoms with Gasteiger partial charge >= 0.3 is 5.97 Å². The van der Waals surface area contributed by atoms with Crippen molar-refractivity contribution in [2.45, 2.75) is 67.3 Å². The predicted molar refractivity (Wildman–Crippen MR) is 82.5 cm³/mol. The zero-order valence-electron chi connectivity index (χ0n) is 14.5. The van der Waals surface area contributed by atoms with E-state index in [4.69, 9.17) is 20.1 Å². The lowest BCUT2D eigenvalue weighted by Crippen LogP contribution is -2.69. The summed E-state index contributed by atoms with van der Waals surface area (Å²) in [4.78, 5) is 15.5. The van der Waals surface area contributed by atoms with Crippen LogP contribution in [0.5, 0.6) is 0 Å². The summed E-state index contributed by atoms with van der Waals surface area (Å²) >= 11 is 0. The number of rotatable bonds is 6. The summed E-state index contributed by atoms with van der Waals surface area (Å²) in [5, 5.41) is 78.7. The largest absolute Gasteiger partial charge is 0.394 e. The molecule has 0 unspecified atom stereocenters. The van der Waals surface area contributed by atoms with Crippen molar-refractivity contribution in [1.82, 2.24) is 0 Å². The summed E-state index contributed by atoms with van der Waals surface area (Å²) in [5.74, 6) is 3.61. The van der Waals surface area contributed by atoms with Crippen LogP contribution in [0.2, 0.25) is 0 Å². The van der Waals surface area contributed by atoms with Crippen molar-refractivity contribution < 1.29 is 64.7 Å². The maximum Gasteiger partial charge on any atom is 0.327 e. The van der Waals surface area contributed by atoms with Crippen LogP contribution in [0, 0.1) is 0 Å². The normalized spacial score (nSPS) is 47.0. The third kappa shape index (κ3) is 4.28. The average Bonchev–Trinajstić information content (AvgIpc) is 2.69. The third-order valence-corrected chi connectivity index (χ3v) is 4.82. The summed E-state index contributed by atoms with van der Waals surface area (Å²) in [5.41, 5.74) is -2.19. The first-order chi connectivity index (χ1) is 13.1. The van der Waals surface area contributed by atoms with Crippen LogP contribution in [-0.4, -0.2) is 121 Å². The van der Waals surface area contributed by atoms with E-state index in [1.54, 1.807) is 0 Å². The molecule has 10 N–H and O–H groups in total. The molecule has 28 heavy (non-hydrogen) atoms. The summed E-state index contributed by atoms with van der Waals surface area (Å²) in [6.07, 6.45) is -17.0. The molecule has 2 rings (SSSR count). The van der Waals surface area contributed by atoms with Gasteiger partial charge in [-0.25, -0.2) is 0 Å². The lowest BCUT2D eigenvalue weighted by atomic mass is 9.84. The van der Waals surface area contributed by atoms with Gasteiger partial charge in [-0.3, -0.25) is 4.79 Å². The lowest BCUT2D eigenvalue weighted by molar-refractivity contribution is -0.375. The van der Waals surface area contributed by atoms with Gasteiger partial charge in [0.05, 0.1) is 19.6 Å². The van der Waals surface area contributed by atoms with E-state index in [0.717, 1.165) is 0 Å². The molecule has 2 heterocycles. The van der Waals surface area contributed by atoms with E-state index in [9.17, 15) is 45.6 Å². The molecule has 0 radical (unpaired) electrons. The molecule has 14 nitrogen and oxygen atoms in total. The fourth-order valence-corrected chi connectivity index (χ4v) is 3.15. The Balaban J connectivity index is 2.26. The van der Waals surface area contributed by atoms with E-state index < -0.39 is 86.5 Å². The Morgan fingerprint density at radius 2 is 1.64 bits per heavy atom. The highest BCUT2D eigenvalue weighted by Gasteiger charge is 2.56. The van der Waals surface area contributed by atoms with Crippen molar-refractivity contribution in [2.75, 3.05) is 13.2 Å². The zero-order valence-corrected chi connectivity index (χ0v) is 14.5. The standard InChI is InChI=1S/C14H25NO13/c15-28-5(18)1-14(3-17)11(23)7(20)9(22)13(27-14)26-10-4(2-16)25-12(24)8(21)6(10)19/h4,6-13,16-17,19-24H,1-3,15H2/t4-,6-,7-,8-,9-,10-,11-,12-,13+,14-/m1/s1. The highest BCUT2D eigenvalue weighted by molar-refractivity contribution is 5.70. The molecular weight excluding hydrogens is 390 g/mol. The molecule has 0 aromatic carbocycles. The number of carbonyl (C=O) groups is 1. The number of hydrogen-bond acceptors (Lipinski definition) is 14. The van der Waals surface area contributed by atoms with E-state index in [2.05, 4.69) is 4.84 Å². The predicted octanol–water partition coefficient (Wildman–Crippen LogP) is -6.22. The Morgan fingerprint density at radius 1 is 1.00 bits per heavy atom.